The number of carbonyl (C=O) groups excluding carboxylic acids is 1. The molecule has 1 heterocycles. The van der Waals surface area contributed by atoms with Crippen LogP contribution in [0.2, 0.25) is 0 Å². The SMILES string of the molecule is COc1ccc(CN(C(=O)OC(C)(C)C)[C@@H]2CCCNC2)cc1. The third-order valence-corrected chi connectivity index (χ3v) is 3.85. The van der Waals surface area contributed by atoms with Crippen LogP contribution in [-0.2, 0) is 11.3 Å². The Labute approximate surface area is 139 Å². The lowest BCUT2D eigenvalue weighted by molar-refractivity contribution is 0.0114. The first-order chi connectivity index (χ1) is 10.9. The van der Waals surface area contributed by atoms with Gasteiger partial charge >= 0.3 is 6.09 Å². The Balaban J connectivity index is 2.12. The van der Waals surface area contributed by atoms with Crippen LogP contribution >= 0.6 is 0 Å². The maximum atomic E-state index is 12.6. The third kappa shape index (κ3) is 5.43. The quantitative estimate of drug-likeness (QED) is 0.926. The van der Waals surface area contributed by atoms with Gasteiger partial charge in [0.25, 0.3) is 0 Å². The minimum atomic E-state index is -0.489. The van der Waals surface area contributed by atoms with Crippen molar-refractivity contribution in [3.05, 3.63) is 29.8 Å². The number of hydrogen-bond acceptors (Lipinski definition) is 4. The van der Waals surface area contributed by atoms with Gasteiger partial charge in [0, 0.05) is 19.1 Å². The molecule has 1 aromatic rings. The largest absolute Gasteiger partial charge is 0.497 e. The zero-order valence-corrected chi connectivity index (χ0v) is 14.6. The fraction of sp³-hybridized carbons (Fsp3) is 0.611. The molecule has 1 aliphatic rings. The Morgan fingerprint density at radius 3 is 2.52 bits per heavy atom. The number of ether oxygens (including phenoxy) is 2. The molecule has 1 fully saturated rings. The molecule has 0 radical (unpaired) electrons. The number of amides is 1. The van der Waals surface area contributed by atoms with E-state index in [0.717, 1.165) is 37.2 Å². The van der Waals surface area contributed by atoms with Gasteiger partial charge in [0.05, 0.1) is 7.11 Å². The summed E-state index contributed by atoms with van der Waals surface area (Å²) in [6.45, 7) is 8.07. The van der Waals surface area contributed by atoms with E-state index in [0.29, 0.717) is 6.54 Å². The molecule has 128 valence electrons. The van der Waals surface area contributed by atoms with Gasteiger partial charge in [-0.3, -0.25) is 4.90 Å². The van der Waals surface area contributed by atoms with Crippen LogP contribution in [0.3, 0.4) is 0 Å². The minimum Gasteiger partial charge on any atom is -0.497 e. The molecule has 1 atom stereocenters. The van der Waals surface area contributed by atoms with Crippen molar-refractivity contribution in [2.75, 3.05) is 20.2 Å². The number of methoxy groups -OCH3 is 1. The highest BCUT2D eigenvalue weighted by Gasteiger charge is 2.29. The van der Waals surface area contributed by atoms with Crippen LogP contribution in [-0.4, -0.2) is 42.8 Å². The van der Waals surface area contributed by atoms with E-state index in [1.807, 2.05) is 49.9 Å². The van der Waals surface area contributed by atoms with Gasteiger partial charge in [-0.2, -0.15) is 0 Å². The van der Waals surface area contributed by atoms with Crippen LogP contribution in [0.15, 0.2) is 24.3 Å². The summed E-state index contributed by atoms with van der Waals surface area (Å²) in [5.74, 6) is 0.817. The van der Waals surface area contributed by atoms with Crippen molar-refractivity contribution >= 4 is 6.09 Å². The number of hydrogen-bond donors (Lipinski definition) is 1. The summed E-state index contributed by atoms with van der Waals surface area (Å²) in [7, 11) is 1.65. The maximum Gasteiger partial charge on any atom is 0.410 e. The van der Waals surface area contributed by atoms with Gasteiger partial charge in [-0.05, 0) is 57.9 Å². The highest BCUT2D eigenvalue weighted by atomic mass is 16.6. The molecule has 0 spiro atoms. The molecule has 5 heteroatoms. The van der Waals surface area contributed by atoms with E-state index in [2.05, 4.69) is 5.32 Å². The number of nitrogens with zero attached hydrogens (tertiary/aromatic N) is 1. The summed E-state index contributed by atoms with van der Waals surface area (Å²) in [5.41, 5.74) is 0.583. The summed E-state index contributed by atoms with van der Waals surface area (Å²) < 4.78 is 10.8. The molecule has 1 N–H and O–H groups in total. The Hall–Kier alpha value is -1.75. The number of nitrogens with one attached hydrogen (secondary N) is 1. The lowest BCUT2D eigenvalue weighted by atomic mass is 10.1. The summed E-state index contributed by atoms with van der Waals surface area (Å²) in [5, 5.41) is 3.37. The van der Waals surface area contributed by atoms with Crippen molar-refractivity contribution in [3.63, 3.8) is 0 Å². The van der Waals surface area contributed by atoms with Crippen LogP contribution in [0.1, 0.15) is 39.2 Å². The smallest absolute Gasteiger partial charge is 0.410 e. The maximum absolute atomic E-state index is 12.6. The number of carbonyl (C=O) groups is 1. The zero-order chi connectivity index (χ0) is 16.9. The predicted octanol–water partition coefficient (Wildman–Crippen LogP) is 3.18. The summed E-state index contributed by atoms with van der Waals surface area (Å²) in [6, 6.07) is 7.99. The van der Waals surface area contributed by atoms with E-state index in [-0.39, 0.29) is 12.1 Å². The fourth-order valence-electron chi connectivity index (χ4n) is 2.69. The predicted molar refractivity (Wildman–Crippen MR) is 90.7 cm³/mol. The highest BCUT2D eigenvalue weighted by molar-refractivity contribution is 5.68. The van der Waals surface area contributed by atoms with Gasteiger partial charge in [0.2, 0.25) is 0 Å². The van der Waals surface area contributed by atoms with Gasteiger partial charge in [-0.15, -0.1) is 0 Å². The van der Waals surface area contributed by atoms with Crippen LogP contribution in [0.25, 0.3) is 0 Å². The van der Waals surface area contributed by atoms with Gasteiger partial charge in [-0.1, -0.05) is 12.1 Å². The topological polar surface area (TPSA) is 50.8 Å². The average molecular weight is 320 g/mol. The van der Waals surface area contributed by atoms with Crippen molar-refractivity contribution in [2.24, 2.45) is 0 Å². The van der Waals surface area contributed by atoms with Gasteiger partial charge in [-0.25, -0.2) is 4.79 Å². The molecule has 1 aliphatic heterocycles. The van der Waals surface area contributed by atoms with Crippen LogP contribution in [0, 0.1) is 0 Å². The molecule has 0 aliphatic carbocycles. The third-order valence-electron chi connectivity index (χ3n) is 3.85. The van der Waals surface area contributed by atoms with Crippen LogP contribution in [0.5, 0.6) is 5.75 Å². The van der Waals surface area contributed by atoms with Crippen molar-refractivity contribution in [1.29, 1.82) is 0 Å². The highest BCUT2D eigenvalue weighted by Crippen LogP contribution is 2.20. The van der Waals surface area contributed by atoms with Crippen molar-refractivity contribution in [1.82, 2.24) is 10.2 Å². The van der Waals surface area contributed by atoms with Gasteiger partial charge in [0.15, 0.2) is 0 Å². The lowest BCUT2D eigenvalue weighted by Gasteiger charge is -2.36. The van der Waals surface area contributed by atoms with Crippen molar-refractivity contribution in [3.8, 4) is 5.75 Å². The van der Waals surface area contributed by atoms with E-state index in [1.165, 1.54) is 0 Å². The van der Waals surface area contributed by atoms with Gasteiger partial charge < -0.3 is 14.8 Å². The van der Waals surface area contributed by atoms with E-state index in [4.69, 9.17) is 9.47 Å². The number of piperidine rings is 1. The molecule has 0 aromatic heterocycles. The van der Waals surface area contributed by atoms with Crippen LogP contribution < -0.4 is 10.1 Å². The summed E-state index contributed by atoms with van der Waals surface area (Å²) in [4.78, 5) is 14.5. The molecule has 1 aromatic carbocycles. The Morgan fingerprint density at radius 2 is 2.00 bits per heavy atom. The Kier molecular flexibility index (Phi) is 5.88. The number of benzene rings is 1. The molecule has 1 saturated heterocycles. The standard InChI is InChI=1S/C18H28N2O3/c1-18(2,3)23-17(21)20(15-6-5-11-19-12-15)13-14-7-9-16(22-4)10-8-14/h7-10,15,19H,5-6,11-13H2,1-4H3/t15-/m1/s1. The second-order valence-electron chi connectivity index (χ2n) is 6.96. The molecular weight excluding hydrogens is 292 g/mol. The van der Waals surface area contributed by atoms with E-state index in [1.54, 1.807) is 7.11 Å². The molecule has 0 bridgehead atoms. The first kappa shape index (κ1) is 17.6. The lowest BCUT2D eigenvalue weighted by Crippen LogP contribution is -2.49. The normalized spacial score (nSPS) is 18.3. The molecular formula is C18H28N2O3. The minimum absolute atomic E-state index is 0.167. The van der Waals surface area contributed by atoms with Gasteiger partial charge in [0.1, 0.15) is 11.4 Å². The summed E-state index contributed by atoms with van der Waals surface area (Å²) >= 11 is 0. The second-order valence-corrected chi connectivity index (χ2v) is 6.96. The monoisotopic (exact) mass is 320 g/mol. The zero-order valence-electron chi connectivity index (χ0n) is 14.6. The van der Waals surface area contributed by atoms with E-state index < -0.39 is 5.60 Å². The molecule has 23 heavy (non-hydrogen) atoms. The second kappa shape index (κ2) is 7.68. The van der Waals surface area contributed by atoms with E-state index in [9.17, 15) is 4.79 Å². The van der Waals surface area contributed by atoms with Crippen molar-refractivity contribution in [2.45, 2.75) is 51.8 Å². The number of rotatable bonds is 4. The Bertz CT molecular complexity index is 502. The molecule has 0 saturated carbocycles. The van der Waals surface area contributed by atoms with Crippen LogP contribution in [0.4, 0.5) is 4.79 Å². The first-order valence-electron chi connectivity index (χ1n) is 8.22. The van der Waals surface area contributed by atoms with Crippen molar-refractivity contribution < 1.29 is 14.3 Å². The van der Waals surface area contributed by atoms with E-state index >= 15 is 0 Å². The molecule has 2 rings (SSSR count). The fourth-order valence-corrected chi connectivity index (χ4v) is 2.69. The average Bonchev–Trinajstić information content (AvgIpc) is 2.52. The first-order valence-corrected chi connectivity index (χ1v) is 8.22. The molecule has 5 nitrogen and oxygen atoms in total. The molecule has 1 amide bonds. The Morgan fingerprint density at radius 1 is 1.30 bits per heavy atom. The molecule has 0 unspecified atom stereocenters. The summed E-state index contributed by atoms with van der Waals surface area (Å²) in [6.07, 6.45) is 1.83.